The van der Waals surface area contributed by atoms with Gasteiger partial charge in [0.15, 0.2) is 0 Å². The van der Waals surface area contributed by atoms with Crippen molar-refractivity contribution in [3.63, 3.8) is 0 Å². The lowest BCUT2D eigenvalue weighted by Crippen LogP contribution is -2.50. The number of aromatic nitrogens is 2. The van der Waals surface area contributed by atoms with Gasteiger partial charge in [-0.15, -0.1) is 0 Å². The highest BCUT2D eigenvalue weighted by molar-refractivity contribution is 7.99. The van der Waals surface area contributed by atoms with Gasteiger partial charge in [0, 0.05) is 18.1 Å². The second kappa shape index (κ2) is 4.62. The van der Waals surface area contributed by atoms with Gasteiger partial charge >= 0.3 is 5.97 Å². The van der Waals surface area contributed by atoms with Crippen molar-refractivity contribution < 1.29 is 19.3 Å². The van der Waals surface area contributed by atoms with Crippen LogP contribution in [0.15, 0.2) is 4.63 Å². The fourth-order valence-corrected chi connectivity index (χ4v) is 2.57. The van der Waals surface area contributed by atoms with E-state index < -0.39 is 17.9 Å². The number of amides is 1. The first-order valence-corrected chi connectivity index (χ1v) is 5.96. The SMILES string of the molecule is Nc1nonc1C(=O)N1CCSCC1C(=O)O. The molecule has 92 valence electrons. The summed E-state index contributed by atoms with van der Waals surface area (Å²) in [4.78, 5) is 24.3. The summed E-state index contributed by atoms with van der Waals surface area (Å²) in [6, 6.07) is -0.864. The van der Waals surface area contributed by atoms with E-state index in [-0.39, 0.29) is 11.5 Å². The highest BCUT2D eigenvalue weighted by Gasteiger charge is 2.35. The highest BCUT2D eigenvalue weighted by atomic mass is 32.2. The predicted molar refractivity (Wildman–Crippen MR) is 58.5 cm³/mol. The molecule has 0 bridgehead atoms. The maximum Gasteiger partial charge on any atom is 0.327 e. The van der Waals surface area contributed by atoms with Crippen LogP contribution in [0.3, 0.4) is 0 Å². The number of carbonyl (C=O) groups is 2. The summed E-state index contributed by atoms with van der Waals surface area (Å²) in [6.07, 6.45) is 0. The molecule has 0 spiro atoms. The maximum absolute atomic E-state index is 12.0. The number of carbonyl (C=O) groups excluding carboxylic acids is 1. The van der Waals surface area contributed by atoms with Crippen LogP contribution in [0.2, 0.25) is 0 Å². The number of carboxylic acid groups (broad SMARTS) is 1. The van der Waals surface area contributed by atoms with Gasteiger partial charge in [-0.1, -0.05) is 0 Å². The largest absolute Gasteiger partial charge is 0.480 e. The summed E-state index contributed by atoms with van der Waals surface area (Å²) in [5, 5.41) is 15.7. The molecule has 1 aliphatic rings. The van der Waals surface area contributed by atoms with Crippen LogP contribution in [0.4, 0.5) is 5.82 Å². The van der Waals surface area contributed by atoms with Crippen LogP contribution >= 0.6 is 11.8 Å². The molecule has 0 aromatic carbocycles. The van der Waals surface area contributed by atoms with E-state index in [4.69, 9.17) is 10.8 Å². The van der Waals surface area contributed by atoms with Crippen molar-refractivity contribution in [1.82, 2.24) is 15.2 Å². The molecule has 0 saturated carbocycles. The molecule has 1 unspecified atom stereocenters. The Morgan fingerprint density at radius 2 is 2.29 bits per heavy atom. The smallest absolute Gasteiger partial charge is 0.327 e. The number of nitrogens with two attached hydrogens (primary N) is 1. The summed E-state index contributed by atoms with van der Waals surface area (Å²) in [5.41, 5.74) is 5.27. The lowest BCUT2D eigenvalue weighted by atomic mass is 10.2. The molecule has 1 aliphatic heterocycles. The molecule has 1 amide bonds. The zero-order valence-corrected chi connectivity index (χ0v) is 9.51. The van der Waals surface area contributed by atoms with Gasteiger partial charge in [0.1, 0.15) is 6.04 Å². The van der Waals surface area contributed by atoms with E-state index in [1.807, 2.05) is 0 Å². The van der Waals surface area contributed by atoms with Crippen LogP contribution in [0.1, 0.15) is 10.5 Å². The van der Waals surface area contributed by atoms with Gasteiger partial charge in [0.2, 0.25) is 11.5 Å². The van der Waals surface area contributed by atoms with Crippen molar-refractivity contribution in [2.24, 2.45) is 0 Å². The summed E-state index contributed by atoms with van der Waals surface area (Å²) in [6.45, 7) is 0.340. The first-order valence-electron chi connectivity index (χ1n) is 4.81. The summed E-state index contributed by atoms with van der Waals surface area (Å²) < 4.78 is 4.33. The minimum atomic E-state index is -1.04. The van der Waals surface area contributed by atoms with Crippen molar-refractivity contribution in [2.75, 3.05) is 23.8 Å². The molecule has 3 N–H and O–H groups in total. The van der Waals surface area contributed by atoms with Gasteiger partial charge in [0.25, 0.3) is 5.91 Å². The second-order valence-electron chi connectivity index (χ2n) is 3.43. The Kier molecular flexibility index (Phi) is 3.18. The Balaban J connectivity index is 2.23. The number of carboxylic acids is 1. The number of anilines is 1. The van der Waals surface area contributed by atoms with E-state index in [2.05, 4.69) is 14.9 Å². The van der Waals surface area contributed by atoms with E-state index >= 15 is 0 Å². The van der Waals surface area contributed by atoms with Crippen LogP contribution < -0.4 is 5.73 Å². The zero-order valence-electron chi connectivity index (χ0n) is 8.70. The van der Waals surface area contributed by atoms with Gasteiger partial charge in [-0.25, -0.2) is 9.42 Å². The molecule has 1 saturated heterocycles. The fourth-order valence-electron chi connectivity index (χ4n) is 1.53. The monoisotopic (exact) mass is 258 g/mol. The molecule has 1 fully saturated rings. The molecule has 1 aromatic heterocycles. The number of rotatable bonds is 2. The van der Waals surface area contributed by atoms with Crippen LogP contribution in [-0.4, -0.2) is 56.3 Å². The first kappa shape index (κ1) is 11.7. The zero-order chi connectivity index (χ0) is 12.4. The Morgan fingerprint density at radius 1 is 1.53 bits per heavy atom. The van der Waals surface area contributed by atoms with E-state index in [1.165, 1.54) is 16.7 Å². The van der Waals surface area contributed by atoms with Crippen LogP contribution in [0.5, 0.6) is 0 Å². The molecular formula is C8H10N4O4S. The van der Waals surface area contributed by atoms with Crippen molar-refractivity contribution in [3.8, 4) is 0 Å². The van der Waals surface area contributed by atoms with Crippen molar-refractivity contribution in [3.05, 3.63) is 5.69 Å². The molecule has 17 heavy (non-hydrogen) atoms. The molecule has 2 rings (SSSR count). The number of nitrogen functional groups attached to an aromatic ring is 1. The van der Waals surface area contributed by atoms with Crippen LogP contribution in [-0.2, 0) is 4.79 Å². The fraction of sp³-hybridized carbons (Fsp3) is 0.500. The first-order chi connectivity index (χ1) is 8.11. The minimum Gasteiger partial charge on any atom is -0.480 e. The third-order valence-electron chi connectivity index (χ3n) is 2.39. The summed E-state index contributed by atoms with van der Waals surface area (Å²) >= 11 is 1.49. The Morgan fingerprint density at radius 3 is 2.88 bits per heavy atom. The third kappa shape index (κ3) is 2.18. The normalized spacial score (nSPS) is 20.2. The van der Waals surface area contributed by atoms with Crippen molar-refractivity contribution >= 4 is 29.5 Å². The van der Waals surface area contributed by atoms with Gasteiger partial charge in [0.05, 0.1) is 0 Å². The molecule has 2 heterocycles. The number of hydrogen-bond donors (Lipinski definition) is 2. The third-order valence-corrected chi connectivity index (χ3v) is 3.41. The lowest BCUT2D eigenvalue weighted by molar-refractivity contribution is -0.141. The van der Waals surface area contributed by atoms with E-state index in [0.717, 1.165) is 0 Å². The standard InChI is InChI=1S/C8H10N4O4S/c9-6-5(10-16-11-6)7(13)12-1-2-17-3-4(12)8(14)15/h4H,1-3H2,(H2,9,11)(H,14,15). The molecule has 0 radical (unpaired) electrons. The van der Waals surface area contributed by atoms with Crippen molar-refractivity contribution in [2.45, 2.75) is 6.04 Å². The van der Waals surface area contributed by atoms with Crippen LogP contribution in [0.25, 0.3) is 0 Å². The summed E-state index contributed by atoms with van der Waals surface area (Å²) in [5.74, 6) is -0.693. The minimum absolute atomic E-state index is 0.127. The molecular weight excluding hydrogens is 248 g/mol. The molecule has 9 heteroatoms. The Bertz CT molecular complexity index is 448. The van der Waals surface area contributed by atoms with E-state index in [0.29, 0.717) is 18.1 Å². The average molecular weight is 258 g/mol. The molecule has 1 aromatic rings. The van der Waals surface area contributed by atoms with Gasteiger partial charge in [-0.2, -0.15) is 11.8 Å². The highest BCUT2D eigenvalue weighted by Crippen LogP contribution is 2.20. The van der Waals surface area contributed by atoms with Gasteiger partial charge < -0.3 is 15.7 Å². The summed E-state index contributed by atoms with van der Waals surface area (Å²) in [7, 11) is 0. The number of hydrogen-bond acceptors (Lipinski definition) is 7. The maximum atomic E-state index is 12.0. The van der Waals surface area contributed by atoms with E-state index in [9.17, 15) is 9.59 Å². The van der Waals surface area contributed by atoms with E-state index in [1.54, 1.807) is 0 Å². The van der Waals surface area contributed by atoms with Crippen LogP contribution in [0, 0.1) is 0 Å². The topological polar surface area (TPSA) is 123 Å². The molecule has 8 nitrogen and oxygen atoms in total. The van der Waals surface area contributed by atoms with Crippen molar-refractivity contribution in [1.29, 1.82) is 0 Å². The average Bonchev–Trinajstić information content (AvgIpc) is 2.74. The Hall–Kier alpha value is -1.77. The quantitative estimate of drug-likeness (QED) is 0.713. The number of thioether (sulfide) groups is 1. The predicted octanol–water partition coefficient (Wildman–Crippen LogP) is -0.706. The Labute approximate surface area is 100 Å². The van der Waals surface area contributed by atoms with Gasteiger partial charge in [-0.05, 0) is 10.3 Å². The van der Waals surface area contributed by atoms with Gasteiger partial charge in [-0.3, -0.25) is 4.79 Å². The molecule has 0 aliphatic carbocycles. The number of aliphatic carboxylic acids is 1. The lowest BCUT2D eigenvalue weighted by Gasteiger charge is -2.31. The second-order valence-corrected chi connectivity index (χ2v) is 4.58. The molecule has 1 atom stereocenters. The number of nitrogens with zero attached hydrogens (tertiary/aromatic N) is 3.